The minimum Gasteiger partial charge on any atom is -0.389 e. The van der Waals surface area contributed by atoms with Gasteiger partial charge in [-0.15, -0.1) is 12.3 Å². The first-order chi connectivity index (χ1) is 6.70. The Bertz CT molecular complexity index is 310. The molecule has 1 atom stereocenters. The average Bonchev–Trinajstić information content (AvgIpc) is 2.20. The number of benzene rings is 1. The molecule has 1 unspecified atom stereocenters. The Morgan fingerprint density at radius 2 is 2.00 bits per heavy atom. The zero-order valence-electron chi connectivity index (χ0n) is 8.53. The van der Waals surface area contributed by atoms with Gasteiger partial charge in [0.15, 0.2) is 0 Å². The molecule has 0 fully saturated rings. The van der Waals surface area contributed by atoms with E-state index in [1.54, 1.807) is 0 Å². The third-order valence-corrected chi connectivity index (χ3v) is 2.47. The largest absolute Gasteiger partial charge is 0.389 e. The van der Waals surface area contributed by atoms with Crippen molar-refractivity contribution >= 4 is 0 Å². The second-order valence-corrected chi connectivity index (χ2v) is 3.62. The van der Waals surface area contributed by atoms with Crippen LogP contribution in [0.4, 0.5) is 0 Å². The van der Waals surface area contributed by atoms with Crippen LogP contribution in [-0.4, -0.2) is 10.7 Å². The van der Waals surface area contributed by atoms with Gasteiger partial charge in [-0.05, 0) is 12.0 Å². The van der Waals surface area contributed by atoms with E-state index in [-0.39, 0.29) is 0 Å². The molecule has 14 heavy (non-hydrogen) atoms. The van der Waals surface area contributed by atoms with Gasteiger partial charge in [0.1, 0.15) is 0 Å². The van der Waals surface area contributed by atoms with Gasteiger partial charge in [-0.25, -0.2) is 0 Å². The number of aliphatic hydroxyl groups is 1. The molecule has 1 aromatic rings. The highest BCUT2D eigenvalue weighted by atomic mass is 16.3. The van der Waals surface area contributed by atoms with E-state index in [4.69, 9.17) is 6.42 Å². The summed E-state index contributed by atoms with van der Waals surface area (Å²) >= 11 is 0. The fourth-order valence-electron chi connectivity index (χ4n) is 1.48. The smallest absolute Gasteiger partial charge is 0.0793 e. The highest BCUT2D eigenvalue weighted by molar-refractivity contribution is 5.17. The number of hydrogen-bond acceptors (Lipinski definition) is 1. The van der Waals surface area contributed by atoms with Gasteiger partial charge in [-0.1, -0.05) is 37.3 Å². The summed E-state index contributed by atoms with van der Waals surface area (Å²) in [4.78, 5) is 0. The molecular formula is C13H16O. The highest BCUT2D eigenvalue weighted by Gasteiger charge is 2.23. The normalized spacial score (nSPS) is 14.4. The predicted molar refractivity (Wildman–Crippen MR) is 58.8 cm³/mol. The molecule has 0 heterocycles. The van der Waals surface area contributed by atoms with Gasteiger partial charge in [0.25, 0.3) is 0 Å². The number of rotatable bonds is 4. The van der Waals surface area contributed by atoms with Gasteiger partial charge in [-0.3, -0.25) is 0 Å². The summed E-state index contributed by atoms with van der Waals surface area (Å²) in [6.07, 6.45) is 6.97. The molecule has 0 amide bonds. The lowest BCUT2D eigenvalue weighted by molar-refractivity contribution is 0.0418. The van der Waals surface area contributed by atoms with E-state index in [9.17, 15) is 5.11 Å². The summed E-state index contributed by atoms with van der Waals surface area (Å²) in [5.74, 6) is 2.53. The molecule has 0 radical (unpaired) electrons. The Morgan fingerprint density at radius 3 is 2.50 bits per heavy atom. The molecule has 0 aliphatic rings. The van der Waals surface area contributed by atoms with Crippen LogP contribution in [0.15, 0.2) is 30.3 Å². The van der Waals surface area contributed by atoms with E-state index in [0.717, 1.165) is 5.56 Å². The topological polar surface area (TPSA) is 20.2 Å². The Labute approximate surface area is 85.8 Å². The summed E-state index contributed by atoms with van der Waals surface area (Å²) in [5.41, 5.74) is 0.392. The second kappa shape index (κ2) is 4.83. The Kier molecular flexibility index (Phi) is 3.73. The van der Waals surface area contributed by atoms with Crippen LogP contribution in [0.5, 0.6) is 0 Å². The predicted octanol–water partition coefficient (Wildman–Crippen LogP) is 2.39. The van der Waals surface area contributed by atoms with Crippen LogP contribution >= 0.6 is 0 Å². The summed E-state index contributed by atoms with van der Waals surface area (Å²) in [6, 6.07) is 9.94. The van der Waals surface area contributed by atoms with Crippen LogP contribution in [0.25, 0.3) is 0 Å². The maximum atomic E-state index is 10.1. The molecule has 1 aromatic carbocycles. The van der Waals surface area contributed by atoms with Gasteiger partial charge >= 0.3 is 0 Å². The van der Waals surface area contributed by atoms with Crippen LogP contribution in [0.2, 0.25) is 0 Å². The Morgan fingerprint density at radius 1 is 1.36 bits per heavy atom. The summed E-state index contributed by atoms with van der Waals surface area (Å²) in [6.45, 7) is 1.96. The molecule has 74 valence electrons. The summed E-state index contributed by atoms with van der Waals surface area (Å²) in [7, 11) is 0. The summed E-state index contributed by atoms with van der Waals surface area (Å²) < 4.78 is 0. The molecule has 0 aromatic heterocycles. The molecule has 0 aliphatic carbocycles. The van der Waals surface area contributed by atoms with Gasteiger partial charge in [-0.2, -0.15) is 0 Å². The number of terminal acetylenes is 1. The quantitative estimate of drug-likeness (QED) is 0.719. The van der Waals surface area contributed by atoms with Crippen molar-refractivity contribution in [3.05, 3.63) is 35.9 Å². The van der Waals surface area contributed by atoms with Gasteiger partial charge < -0.3 is 5.11 Å². The molecule has 0 bridgehead atoms. The third-order valence-electron chi connectivity index (χ3n) is 2.47. The average molecular weight is 188 g/mol. The van der Waals surface area contributed by atoms with Crippen molar-refractivity contribution in [1.82, 2.24) is 0 Å². The van der Waals surface area contributed by atoms with E-state index in [1.165, 1.54) is 0 Å². The fourth-order valence-corrected chi connectivity index (χ4v) is 1.48. The SMILES string of the molecule is C#CCC(O)(CC)Cc1ccccc1. The molecule has 1 heteroatoms. The van der Waals surface area contributed by atoms with Gasteiger partial charge in [0.2, 0.25) is 0 Å². The molecule has 0 aliphatic heterocycles. The zero-order chi connectivity index (χ0) is 10.4. The van der Waals surface area contributed by atoms with Crippen LogP contribution < -0.4 is 0 Å². The second-order valence-electron chi connectivity index (χ2n) is 3.62. The van der Waals surface area contributed by atoms with E-state index in [0.29, 0.717) is 19.3 Å². The molecular weight excluding hydrogens is 172 g/mol. The molecule has 0 saturated carbocycles. The Balaban J connectivity index is 2.71. The maximum Gasteiger partial charge on any atom is 0.0793 e. The van der Waals surface area contributed by atoms with E-state index >= 15 is 0 Å². The monoisotopic (exact) mass is 188 g/mol. The molecule has 0 saturated heterocycles. The van der Waals surface area contributed by atoms with Crippen LogP contribution in [0.3, 0.4) is 0 Å². The lowest BCUT2D eigenvalue weighted by atomic mass is 9.89. The van der Waals surface area contributed by atoms with Crippen LogP contribution in [0.1, 0.15) is 25.3 Å². The standard InChI is InChI=1S/C13H16O/c1-3-10-13(14,4-2)11-12-8-6-5-7-9-12/h1,5-9,14H,4,10-11H2,2H3. The van der Waals surface area contributed by atoms with E-state index in [1.807, 2.05) is 37.3 Å². The van der Waals surface area contributed by atoms with Gasteiger partial charge in [0.05, 0.1) is 5.60 Å². The van der Waals surface area contributed by atoms with E-state index < -0.39 is 5.60 Å². The molecule has 1 rings (SSSR count). The van der Waals surface area contributed by atoms with Crippen molar-refractivity contribution < 1.29 is 5.11 Å². The lowest BCUT2D eigenvalue weighted by Crippen LogP contribution is -2.29. The zero-order valence-corrected chi connectivity index (χ0v) is 8.53. The molecule has 1 nitrogen and oxygen atoms in total. The fraction of sp³-hybridized carbons (Fsp3) is 0.385. The van der Waals surface area contributed by atoms with Crippen molar-refractivity contribution in [2.24, 2.45) is 0 Å². The van der Waals surface area contributed by atoms with Crippen molar-refractivity contribution in [3.8, 4) is 12.3 Å². The van der Waals surface area contributed by atoms with Crippen molar-refractivity contribution in [2.75, 3.05) is 0 Å². The molecule has 1 N–H and O–H groups in total. The molecule has 0 spiro atoms. The van der Waals surface area contributed by atoms with Crippen molar-refractivity contribution in [1.29, 1.82) is 0 Å². The van der Waals surface area contributed by atoms with Crippen LogP contribution in [0, 0.1) is 12.3 Å². The summed E-state index contributed by atoms with van der Waals surface area (Å²) in [5, 5.41) is 10.1. The first-order valence-corrected chi connectivity index (χ1v) is 4.90. The van der Waals surface area contributed by atoms with Crippen molar-refractivity contribution in [2.45, 2.75) is 31.8 Å². The first kappa shape index (κ1) is 10.8. The third kappa shape index (κ3) is 2.90. The maximum absolute atomic E-state index is 10.1. The van der Waals surface area contributed by atoms with Crippen molar-refractivity contribution in [3.63, 3.8) is 0 Å². The Hall–Kier alpha value is -1.26. The van der Waals surface area contributed by atoms with Gasteiger partial charge in [0, 0.05) is 12.8 Å². The minimum absolute atomic E-state index is 0.415. The lowest BCUT2D eigenvalue weighted by Gasteiger charge is -2.24. The minimum atomic E-state index is -0.740. The number of hydrogen-bond donors (Lipinski definition) is 1. The highest BCUT2D eigenvalue weighted by Crippen LogP contribution is 2.20. The van der Waals surface area contributed by atoms with E-state index in [2.05, 4.69) is 5.92 Å². The van der Waals surface area contributed by atoms with Crippen LogP contribution in [-0.2, 0) is 6.42 Å². The first-order valence-electron chi connectivity index (χ1n) is 4.90.